The molecule has 23 heteroatoms. The fourth-order valence-electron chi connectivity index (χ4n) is 6.66. The molecule has 18 N–H and O–H groups in total. The molecule has 0 fully saturated rings. The first-order chi connectivity index (χ1) is 32.0. The molecule has 0 bridgehead atoms. The van der Waals surface area contributed by atoms with Crippen molar-refractivity contribution in [2.24, 2.45) is 45.5 Å². The second-order valence-electron chi connectivity index (χ2n) is 17.1. The number of phenolic OH excluding ortho intramolecular Hbond substituents is 1. The fraction of sp³-hybridized carbons (Fsp3) is 0.511. The summed E-state index contributed by atoms with van der Waals surface area (Å²) >= 11 is 0. The zero-order chi connectivity index (χ0) is 50.9. The monoisotopic (exact) mass is 952 g/mol. The number of nitrogens with one attached hydrogen (secondary N) is 7. The number of rotatable bonds is 30. The Kier molecular flexibility index (Phi) is 24.5. The molecule has 374 valence electrons. The van der Waals surface area contributed by atoms with Crippen LogP contribution in [-0.2, 0) is 56.0 Å². The van der Waals surface area contributed by atoms with E-state index in [1.165, 1.54) is 12.1 Å². The Labute approximate surface area is 395 Å². The SMILES string of the molecule is CC(C)C[C@H](NC(=O)[C@H](CC(C)C)NC(=O)[C@H](CCC(N)=O)NC(=O)[C@@H](N)Cc1ccc(O)cc1)C(=O)NCC(=O)NCC(=O)N[C@@H](CCCN=C(N)N)C(=O)N[C@@H](Cc1ccccc1)C(N)=O. The van der Waals surface area contributed by atoms with Gasteiger partial charge in [0.25, 0.3) is 0 Å². The number of nitrogens with two attached hydrogens (primary N) is 5. The molecule has 0 radical (unpaired) electrons. The van der Waals surface area contributed by atoms with Crippen LogP contribution in [0.5, 0.6) is 5.75 Å². The van der Waals surface area contributed by atoms with E-state index in [2.05, 4.69) is 42.2 Å². The van der Waals surface area contributed by atoms with Gasteiger partial charge in [-0.25, -0.2) is 0 Å². The predicted molar refractivity (Wildman–Crippen MR) is 252 cm³/mol. The van der Waals surface area contributed by atoms with Crippen LogP contribution < -0.4 is 65.9 Å². The largest absolute Gasteiger partial charge is 0.508 e. The van der Waals surface area contributed by atoms with Gasteiger partial charge in [-0.1, -0.05) is 70.2 Å². The van der Waals surface area contributed by atoms with Crippen molar-refractivity contribution in [2.45, 2.75) is 115 Å². The van der Waals surface area contributed by atoms with E-state index in [0.717, 1.165) is 5.56 Å². The number of nitrogens with zero attached hydrogens (tertiary/aromatic N) is 1. The molecule has 2 aromatic carbocycles. The highest BCUT2D eigenvalue weighted by Crippen LogP contribution is 2.13. The minimum atomic E-state index is -1.32. The molecule has 0 unspecified atom stereocenters. The lowest BCUT2D eigenvalue weighted by molar-refractivity contribution is -0.135. The minimum Gasteiger partial charge on any atom is -0.508 e. The Morgan fingerprint density at radius 2 is 1.06 bits per heavy atom. The zero-order valence-corrected chi connectivity index (χ0v) is 39.0. The fourth-order valence-corrected chi connectivity index (χ4v) is 6.66. The van der Waals surface area contributed by atoms with Gasteiger partial charge in [-0.2, -0.15) is 0 Å². The quantitative estimate of drug-likeness (QED) is 0.0212. The average Bonchev–Trinajstić information content (AvgIpc) is 3.26. The molecule has 0 heterocycles. The molecule has 0 aromatic heterocycles. The van der Waals surface area contributed by atoms with Crippen molar-refractivity contribution < 1.29 is 48.3 Å². The molecule has 6 atom stereocenters. The molecule has 0 aliphatic rings. The van der Waals surface area contributed by atoms with Crippen molar-refractivity contribution in [1.82, 2.24) is 37.2 Å². The van der Waals surface area contributed by atoms with Crippen molar-refractivity contribution in [3.63, 3.8) is 0 Å². The highest BCUT2D eigenvalue weighted by atomic mass is 16.3. The first kappa shape index (κ1) is 56.8. The van der Waals surface area contributed by atoms with Gasteiger partial charge in [0.2, 0.25) is 53.2 Å². The van der Waals surface area contributed by atoms with Crippen LogP contribution >= 0.6 is 0 Å². The molecule has 0 saturated heterocycles. The smallest absolute Gasteiger partial charge is 0.243 e. The molecular formula is C45H69N13O10. The molecule has 2 rings (SSSR count). The Bertz CT molecular complexity index is 2050. The number of carbonyl (C=O) groups excluding carboxylic acids is 9. The van der Waals surface area contributed by atoms with Gasteiger partial charge < -0.3 is 71.0 Å². The van der Waals surface area contributed by atoms with E-state index in [1.54, 1.807) is 70.2 Å². The Morgan fingerprint density at radius 3 is 1.60 bits per heavy atom. The third-order valence-electron chi connectivity index (χ3n) is 10.1. The number of guanidine groups is 1. The summed E-state index contributed by atoms with van der Waals surface area (Å²) < 4.78 is 0. The van der Waals surface area contributed by atoms with Crippen LogP contribution in [0.2, 0.25) is 0 Å². The Hall–Kier alpha value is -7.30. The summed E-state index contributed by atoms with van der Waals surface area (Å²) in [5.41, 5.74) is 29.2. The lowest BCUT2D eigenvalue weighted by atomic mass is 9.99. The number of benzene rings is 2. The van der Waals surface area contributed by atoms with Crippen molar-refractivity contribution >= 4 is 59.1 Å². The van der Waals surface area contributed by atoms with E-state index in [9.17, 15) is 48.3 Å². The van der Waals surface area contributed by atoms with Gasteiger partial charge in [0.05, 0.1) is 19.1 Å². The number of hydrogen-bond acceptors (Lipinski definition) is 12. The average molecular weight is 952 g/mol. The molecular weight excluding hydrogens is 883 g/mol. The molecule has 0 saturated carbocycles. The number of phenols is 1. The molecule has 0 aliphatic carbocycles. The third-order valence-corrected chi connectivity index (χ3v) is 10.1. The third kappa shape index (κ3) is 22.7. The first-order valence-corrected chi connectivity index (χ1v) is 22.3. The molecule has 0 aliphatic heterocycles. The maximum absolute atomic E-state index is 13.8. The van der Waals surface area contributed by atoms with Crippen LogP contribution in [0, 0.1) is 11.8 Å². The van der Waals surface area contributed by atoms with E-state index in [0.29, 0.717) is 5.56 Å². The highest BCUT2D eigenvalue weighted by Gasteiger charge is 2.32. The number of hydrogen-bond donors (Lipinski definition) is 13. The van der Waals surface area contributed by atoms with Gasteiger partial charge in [0.1, 0.15) is 36.0 Å². The van der Waals surface area contributed by atoms with Gasteiger partial charge >= 0.3 is 0 Å². The summed E-state index contributed by atoms with van der Waals surface area (Å²) in [6.45, 7) is 6.12. The second kappa shape index (κ2) is 29.4. The standard InChI is InChI=1S/C45H69N13O10/c1-25(2)19-34(57-44(68)35(20-26(3)4)58-43(67)32(16-17-36(47)60)55-40(64)30(46)21-28-12-14-29(59)15-13-28)41(65)53-23-37(61)52-24-38(62)54-31(11-8-18-51-45(49)50)42(66)56-33(39(48)63)22-27-9-6-5-7-10-27/h5-7,9-10,12-15,25-26,30-35,59H,8,11,16-24,46H2,1-4H3,(H2,47,60)(H2,48,63)(H,52,61)(H,53,65)(H,54,62)(H,55,64)(H,56,66)(H,57,68)(H,58,67)(H4,49,50,51)/t30-,31-,32-,33-,34-,35-/m0/s1. The number of primary amides is 2. The Morgan fingerprint density at radius 1 is 0.559 bits per heavy atom. The summed E-state index contributed by atoms with van der Waals surface area (Å²) in [6, 6.07) is 7.74. The summed E-state index contributed by atoms with van der Waals surface area (Å²) in [4.78, 5) is 121. The lowest BCUT2D eigenvalue weighted by Gasteiger charge is -2.27. The maximum Gasteiger partial charge on any atom is 0.243 e. The van der Waals surface area contributed by atoms with E-state index in [1.807, 2.05) is 0 Å². The van der Waals surface area contributed by atoms with Crippen LogP contribution in [0.3, 0.4) is 0 Å². The van der Waals surface area contributed by atoms with Crippen LogP contribution in [0.4, 0.5) is 0 Å². The van der Waals surface area contributed by atoms with Gasteiger partial charge in [0, 0.05) is 19.4 Å². The highest BCUT2D eigenvalue weighted by molar-refractivity contribution is 5.96. The summed E-state index contributed by atoms with van der Waals surface area (Å²) in [7, 11) is 0. The van der Waals surface area contributed by atoms with E-state index >= 15 is 0 Å². The molecule has 0 spiro atoms. The lowest BCUT2D eigenvalue weighted by Crippen LogP contribution is -2.58. The van der Waals surface area contributed by atoms with Crippen LogP contribution in [0.15, 0.2) is 59.6 Å². The Balaban J connectivity index is 2.09. The molecule has 68 heavy (non-hydrogen) atoms. The number of aromatic hydroxyl groups is 1. The normalized spacial score (nSPS) is 13.6. The second-order valence-corrected chi connectivity index (χ2v) is 17.1. The molecule has 2 aromatic rings. The molecule has 9 amide bonds. The first-order valence-electron chi connectivity index (χ1n) is 22.3. The van der Waals surface area contributed by atoms with E-state index in [-0.39, 0.29) is 81.5 Å². The van der Waals surface area contributed by atoms with E-state index in [4.69, 9.17) is 28.7 Å². The predicted octanol–water partition coefficient (Wildman–Crippen LogP) is -2.94. The summed E-state index contributed by atoms with van der Waals surface area (Å²) in [6.07, 6.45) is 0.188. The van der Waals surface area contributed by atoms with Crippen LogP contribution in [-0.4, -0.2) is 120 Å². The zero-order valence-electron chi connectivity index (χ0n) is 39.0. The summed E-state index contributed by atoms with van der Waals surface area (Å²) in [5.74, 6) is -7.25. The number of amides is 9. The molecule has 23 nitrogen and oxygen atoms in total. The van der Waals surface area contributed by atoms with Crippen LogP contribution in [0.25, 0.3) is 0 Å². The van der Waals surface area contributed by atoms with Gasteiger partial charge in [-0.05, 0) is 73.6 Å². The van der Waals surface area contributed by atoms with E-state index < -0.39 is 103 Å². The van der Waals surface area contributed by atoms with Crippen molar-refractivity contribution in [3.8, 4) is 5.75 Å². The van der Waals surface area contributed by atoms with Crippen molar-refractivity contribution in [2.75, 3.05) is 19.6 Å². The van der Waals surface area contributed by atoms with Crippen molar-refractivity contribution in [1.29, 1.82) is 0 Å². The van der Waals surface area contributed by atoms with Gasteiger partial charge in [-0.3, -0.25) is 48.1 Å². The van der Waals surface area contributed by atoms with Gasteiger partial charge in [0.15, 0.2) is 5.96 Å². The minimum absolute atomic E-state index is 0.0248. The van der Waals surface area contributed by atoms with Gasteiger partial charge in [-0.15, -0.1) is 0 Å². The number of aliphatic imine (C=N–C) groups is 1. The van der Waals surface area contributed by atoms with Crippen LogP contribution in [0.1, 0.15) is 77.3 Å². The maximum atomic E-state index is 13.8. The number of carbonyl (C=O) groups is 9. The summed E-state index contributed by atoms with van der Waals surface area (Å²) in [5, 5.41) is 27.3. The topological polar surface area (TPSA) is 401 Å². The van der Waals surface area contributed by atoms with Crippen molar-refractivity contribution in [3.05, 3.63) is 65.7 Å².